The van der Waals surface area contributed by atoms with Gasteiger partial charge in [0.15, 0.2) is 0 Å². The van der Waals surface area contributed by atoms with Crippen molar-refractivity contribution in [2.45, 2.75) is 27.0 Å². The van der Waals surface area contributed by atoms with Crippen molar-refractivity contribution >= 4 is 28.0 Å². The van der Waals surface area contributed by atoms with Crippen LogP contribution in [-0.4, -0.2) is 36.1 Å². The molecule has 0 atom stereocenters. The SMILES string of the molecule is COCC(=O)N(Cc1csc(COc2cccc3ccccc23)n1)CC(C)C. The quantitative estimate of drug-likeness (QED) is 0.532. The lowest BCUT2D eigenvalue weighted by molar-refractivity contribution is -0.136. The first kappa shape index (κ1) is 20.3. The topological polar surface area (TPSA) is 51.7 Å². The molecule has 0 spiro atoms. The molecule has 0 radical (unpaired) electrons. The van der Waals surface area contributed by atoms with E-state index in [9.17, 15) is 4.79 Å². The number of carbonyl (C=O) groups is 1. The Kier molecular flexibility index (Phi) is 7.01. The summed E-state index contributed by atoms with van der Waals surface area (Å²) in [5, 5.41) is 5.14. The molecular formula is C22H26N2O3S. The van der Waals surface area contributed by atoms with E-state index in [1.807, 2.05) is 29.6 Å². The lowest BCUT2D eigenvalue weighted by atomic mass is 10.1. The van der Waals surface area contributed by atoms with Gasteiger partial charge in [0.1, 0.15) is 24.0 Å². The molecule has 0 bridgehead atoms. The maximum atomic E-state index is 12.3. The van der Waals surface area contributed by atoms with Gasteiger partial charge in [0.05, 0.1) is 12.2 Å². The summed E-state index contributed by atoms with van der Waals surface area (Å²) in [5.74, 6) is 1.22. The summed E-state index contributed by atoms with van der Waals surface area (Å²) in [5.41, 5.74) is 0.881. The zero-order valence-corrected chi connectivity index (χ0v) is 17.4. The van der Waals surface area contributed by atoms with E-state index < -0.39 is 0 Å². The molecule has 1 amide bonds. The van der Waals surface area contributed by atoms with E-state index in [-0.39, 0.29) is 12.5 Å². The third-order valence-electron chi connectivity index (χ3n) is 4.26. The van der Waals surface area contributed by atoms with E-state index in [4.69, 9.17) is 9.47 Å². The fraction of sp³-hybridized carbons (Fsp3) is 0.364. The van der Waals surface area contributed by atoms with E-state index in [2.05, 4.69) is 37.0 Å². The Morgan fingerprint density at radius 2 is 1.96 bits per heavy atom. The van der Waals surface area contributed by atoms with E-state index in [1.165, 1.54) is 7.11 Å². The minimum Gasteiger partial charge on any atom is -0.486 e. The molecule has 6 heteroatoms. The van der Waals surface area contributed by atoms with Gasteiger partial charge in [-0.2, -0.15) is 0 Å². The summed E-state index contributed by atoms with van der Waals surface area (Å²) in [7, 11) is 1.54. The molecule has 148 valence electrons. The highest BCUT2D eigenvalue weighted by Crippen LogP contribution is 2.26. The maximum Gasteiger partial charge on any atom is 0.248 e. The number of methoxy groups -OCH3 is 1. The second kappa shape index (κ2) is 9.66. The number of amides is 1. The van der Waals surface area contributed by atoms with Crippen LogP contribution in [0.2, 0.25) is 0 Å². The van der Waals surface area contributed by atoms with Crippen molar-refractivity contribution in [3.63, 3.8) is 0 Å². The van der Waals surface area contributed by atoms with Crippen molar-refractivity contribution in [1.29, 1.82) is 0 Å². The molecule has 0 unspecified atom stereocenters. The van der Waals surface area contributed by atoms with Crippen molar-refractivity contribution in [2.24, 2.45) is 5.92 Å². The smallest absolute Gasteiger partial charge is 0.248 e. The summed E-state index contributed by atoms with van der Waals surface area (Å²) in [6.07, 6.45) is 0. The third kappa shape index (κ3) is 5.30. The van der Waals surface area contributed by atoms with Crippen LogP contribution in [-0.2, 0) is 22.7 Å². The summed E-state index contributed by atoms with van der Waals surface area (Å²) in [6.45, 7) is 5.87. The predicted octanol–water partition coefficient (Wildman–Crippen LogP) is 4.51. The predicted molar refractivity (Wildman–Crippen MR) is 113 cm³/mol. The highest BCUT2D eigenvalue weighted by molar-refractivity contribution is 7.09. The molecule has 0 aliphatic rings. The van der Waals surface area contributed by atoms with Gasteiger partial charge in [0, 0.05) is 24.4 Å². The van der Waals surface area contributed by atoms with Crippen LogP contribution in [0.5, 0.6) is 5.75 Å². The summed E-state index contributed by atoms with van der Waals surface area (Å²) in [6, 6.07) is 14.2. The Balaban J connectivity index is 1.65. The van der Waals surface area contributed by atoms with Gasteiger partial charge in [0.2, 0.25) is 5.91 Å². The Labute approximate surface area is 169 Å². The number of nitrogens with zero attached hydrogens (tertiary/aromatic N) is 2. The molecule has 1 heterocycles. The van der Waals surface area contributed by atoms with E-state index >= 15 is 0 Å². The molecule has 0 aliphatic heterocycles. The van der Waals surface area contributed by atoms with Crippen LogP contribution >= 0.6 is 11.3 Å². The second-order valence-corrected chi connectivity index (χ2v) is 8.04. The number of hydrogen-bond acceptors (Lipinski definition) is 5. The number of aromatic nitrogens is 1. The Morgan fingerprint density at radius 3 is 2.75 bits per heavy atom. The molecule has 0 saturated heterocycles. The fourth-order valence-corrected chi connectivity index (χ4v) is 3.75. The van der Waals surface area contributed by atoms with Crippen molar-refractivity contribution in [1.82, 2.24) is 9.88 Å². The van der Waals surface area contributed by atoms with Crippen molar-refractivity contribution in [2.75, 3.05) is 20.3 Å². The number of benzene rings is 2. The Hall–Kier alpha value is -2.44. The molecule has 3 aromatic rings. The van der Waals surface area contributed by atoms with Gasteiger partial charge in [-0.3, -0.25) is 4.79 Å². The van der Waals surface area contributed by atoms with E-state index in [1.54, 1.807) is 16.2 Å². The van der Waals surface area contributed by atoms with Crippen LogP contribution in [0.1, 0.15) is 24.5 Å². The molecule has 1 aromatic heterocycles. The number of carbonyl (C=O) groups excluding carboxylic acids is 1. The van der Waals surface area contributed by atoms with Gasteiger partial charge >= 0.3 is 0 Å². The molecule has 0 saturated carbocycles. The first-order valence-electron chi connectivity index (χ1n) is 9.37. The standard InChI is InChI=1S/C22H26N2O3S/c1-16(2)11-24(22(25)14-26-3)12-18-15-28-21(23-18)13-27-20-10-6-8-17-7-4-5-9-19(17)20/h4-10,15-16H,11-14H2,1-3H3. The van der Waals surface area contributed by atoms with Crippen LogP contribution in [0.3, 0.4) is 0 Å². The van der Waals surface area contributed by atoms with Gasteiger partial charge in [-0.1, -0.05) is 50.2 Å². The first-order valence-corrected chi connectivity index (χ1v) is 10.3. The fourth-order valence-electron chi connectivity index (χ4n) is 3.05. The van der Waals surface area contributed by atoms with Crippen LogP contribution in [0.25, 0.3) is 10.8 Å². The second-order valence-electron chi connectivity index (χ2n) is 7.10. The number of fused-ring (bicyclic) bond motifs is 1. The zero-order valence-electron chi connectivity index (χ0n) is 16.6. The van der Waals surface area contributed by atoms with Crippen molar-refractivity contribution in [3.8, 4) is 5.75 Å². The summed E-state index contributed by atoms with van der Waals surface area (Å²) < 4.78 is 11.0. The monoisotopic (exact) mass is 398 g/mol. The molecule has 28 heavy (non-hydrogen) atoms. The molecule has 0 N–H and O–H groups in total. The van der Waals surface area contributed by atoms with Gasteiger partial charge in [-0.05, 0) is 17.4 Å². The highest BCUT2D eigenvalue weighted by atomic mass is 32.1. The minimum atomic E-state index is -0.0160. The minimum absolute atomic E-state index is 0.0160. The zero-order chi connectivity index (χ0) is 19.9. The van der Waals surface area contributed by atoms with Gasteiger partial charge in [-0.25, -0.2) is 4.98 Å². The first-order chi connectivity index (χ1) is 13.6. The molecule has 0 aliphatic carbocycles. The Bertz CT molecular complexity index is 918. The average Bonchev–Trinajstić information content (AvgIpc) is 3.13. The maximum absolute atomic E-state index is 12.3. The van der Waals surface area contributed by atoms with Gasteiger partial charge in [-0.15, -0.1) is 11.3 Å². The van der Waals surface area contributed by atoms with Gasteiger partial charge in [0.25, 0.3) is 0 Å². The van der Waals surface area contributed by atoms with Crippen LogP contribution in [0, 0.1) is 5.92 Å². The average molecular weight is 399 g/mol. The van der Waals surface area contributed by atoms with Crippen molar-refractivity contribution < 1.29 is 14.3 Å². The largest absolute Gasteiger partial charge is 0.486 e. The van der Waals surface area contributed by atoms with Crippen LogP contribution in [0.15, 0.2) is 47.8 Å². The lowest BCUT2D eigenvalue weighted by Crippen LogP contribution is -2.36. The van der Waals surface area contributed by atoms with E-state index in [0.29, 0.717) is 25.6 Å². The number of rotatable bonds is 9. The normalized spacial score (nSPS) is 11.1. The Morgan fingerprint density at radius 1 is 1.18 bits per heavy atom. The van der Waals surface area contributed by atoms with E-state index in [0.717, 1.165) is 27.2 Å². The molecule has 3 rings (SSSR count). The summed E-state index contributed by atoms with van der Waals surface area (Å²) in [4.78, 5) is 18.7. The lowest BCUT2D eigenvalue weighted by Gasteiger charge is -2.23. The number of hydrogen-bond donors (Lipinski definition) is 0. The van der Waals surface area contributed by atoms with Crippen LogP contribution < -0.4 is 4.74 Å². The van der Waals surface area contributed by atoms with Gasteiger partial charge < -0.3 is 14.4 Å². The van der Waals surface area contributed by atoms with Crippen LogP contribution in [0.4, 0.5) is 0 Å². The highest BCUT2D eigenvalue weighted by Gasteiger charge is 2.17. The van der Waals surface area contributed by atoms with Crippen molar-refractivity contribution in [3.05, 3.63) is 58.5 Å². The molecular weight excluding hydrogens is 372 g/mol. The third-order valence-corrected chi connectivity index (χ3v) is 5.13. The number of ether oxygens (including phenoxy) is 2. The molecule has 5 nitrogen and oxygen atoms in total. The number of thiazole rings is 1. The molecule has 2 aromatic carbocycles. The summed E-state index contributed by atoms with van der Waals surface area (Å²) >= 11 is 1.55. The molecule has 0 fully saturated rings.